The van der Waals surface area contributed by atoms with Crippen molar-refractivity contribution in [3.05, 3.63) is 65.2 Å². The lowest BCUT2D eigenvalue weighted by atomic mass is 10.1. The maximum Gasteiger partial charge on any atom is 0.253 e. The van der Waals surface area contributed by atoms with Crippen molar-refractivity contribution in [1.82, 2.24) is 10.6 Å². The molecule has 136 valence electrons. The van der Waals surface area contributed by atoms with Crippen molar-refractivity contribution in [2.45, 2.75) is 26.3 Å². The zero-order valence-electron chi connectivity index (χ0n) is 15.1. The van der Waals surface area contributed by atoms with E-state index in [1.165, 1.54) is 0 Å². The summed E-state index contributed by atoms with van der Waals surface area (Å²) >= 11 is 0. The largest absolute Gasteiger partial charge is 0.355 e. The molecule has 1 atom stereocenters. The first kappa shape index (κ1) is 19.2. The number of nitrogens with one attached hydrogen (secondary N) is 3. The number of amides is 3. The van der Waals surface area contributed by atoms with Crippen LogP contribution < -0.4 is 16.0 Å². The van der Waals surface area contributed by atoms with Crippen LogP contribution in [0.25, 0.3) is 0 Å². The second-order valence-corrected chi connectivity index (χ2v) is 6.07. The van der Waals surface area contributed by atoms with Gasteiger partial charge in [-0.3, -0.25) is 14.4 Å². The summed E-state index contributed by atoms with van der Waals surface area (Å²) < 4.78 is 0. The van der Waals surface area contributed by atoms with Crippen LogP contribution in [-0.4, -0.2) is 30.8 Å². The minimum absolute atomic E-state index is 0.0969. The average Bonchev–Trinajstić information content (AvgIpc) is 2.61. The third-order valence-electron chi connectivity index (χ3n) is 3.91. The van der Waals surface area contributed by atoms with E-state index in [2.05, 4.69) is 16.0 Å². The first-order valence-electron chi connectivity index (χ1n) is 8.39. The SMILES string of the molecule is CNC(=O)c1c(C)cccc1NC(=O)CC(C)NC(=O)c1ccccc1. The van der Waals surface area contributed by atoms with Crippen LogP contribution in [0.2, 0.25) is 0 Å². The fourth-order valence-corrected chi connectivity index (χ4v) is 2.63. The highest BCUT2D eigenvalue weighted by Crippen LogP contribution is 2.19. The number of hydrogen-bond donors (Lipinski definition) is 3. The topological polar surface area (TPSA) is 87.3 Å². The third kappa shape index (κ3) is 4.92. The molecule has 6 nitrogen and oxygen atoms in total. The lowest BCUT2D eigenvalue weighted by molar-refractivity contribution is -0.116. The van der Waals surface area contributed by atoms with Crippen LogP contribution in [0.4, 0.5) is 5.69 Å². The number of aryl methyl sites for hydroxylation is 1. The van der Waals surface area contributed by atoms with E-state index in [9.17, 15) is 14.4 Å². The van der Waals surface area contributed by atoms with Gasteiger partial charge in [-0.15, -0.1) is 0 Å². The van der Waals surface area contributed by atoms with Crippen molar-refractivity contribution in [3.63, 3.8) is 0 Å². The van der Waals surface area contributed by atoms with Gasteiger partial charge in [0.15, 0.2) is 0 Å². The van der Waals surface area contributed by atoms with Crippen molar-refractivity contribution >= 4 is 23.4 Å². The number of carbonyl (C=O) groups excluding carboxylic acids is 3. The Morgan fingerprint density at radius 2 is 1.65 bits per heavy atom. The van der Waals surface area contributed by atoms with Gasteiger partial charge >= 0.3 is 0 Å². The van der Waals surface area contributed by atoms with Gasteiger partial charge in [-0.25, -0.2) is 0 Å². The summed E-state index contributed by atoms with van der Waals surface area (Å²) in [6, 6.07) is 13.7. The van der Waals surface area contributed by atoms with Crippen molar-refractivity contribution in [2.24, 2.45) is 0 Å². The minimum atomic E-state index is -0.351. The number of benzene rings is 2. The Morgan fingerprint density at radius 1 is 0.962 bits per heavy atom. The fourth-order valence-electron chi connectivity index (χ4n) is 2.63. The molecule has 0 aromatic heterocycles. The molecule has 6 heteroatoms. The van der Waals surface area contributed by atoms with Gasteiger partial charge < -0.3 is 16.0 Å². The molecule has 2 aromatic rings. The van der Waals surface area contributed by atoms with Gasteiger partial charge in [-0.1, -0.05) is 30.3 Å². The van der Waals surface area contributed by atoms with E-state index in [-0.39, 0.29) is 30.2 Å². The van der Waals surface area contributed by atoms with Gasteiger partial charge in [0, 0.05) is 25.1 Å². The van der Waals surface area contributed by atoms with E-state index in [1.807, 2.05) is 19.1 Å². The molecular weight excluding hydrogens is 330 g/mol. The molecular formula is C20H23N3O3. The predicted octanol–water partition coefficient (Wildman–Crippen LogP) is 2.50. The maximum absolute atomic E-state index is 12.3. The summed E-state index contributed by atoms with van der Waals surface area (Å²) in [7, 11) is 1.54. The number of rotatable bonds is 6. The lowest BCUT2D eigenvalue weighted by Gasteiger charge is -2.16. The smallest absolute Gasteiger partial charge is 0.253 e. The minimum Gasteiger partial charge on any atom is -0.355 e. The molecule has 0 aliphatic carbocycles. The Morgan fingerprint density at radius 3 is 2.31 bits per heavy atom. The summed E-state index contributed by atoms with van der Waals surface area (Å²) in [5.74, 6) is -0.766. The average molecular weight is 353 g/mol. The van der Waals surface area contributed by atoms with Crippen LogP contribution in [0.5, 0.6) is 0 Å². The zero-order chi connectivity index (χ0) is 19.1. The van der Waals surface area contributed by atoms with E-state index < -0.39 is 0 Å². The van der Waals surface area contributed by atoms with Crippen LogP contribution in [-0.2, 0) is 4.79 Å². The molecule has 0 spiro atoms. The van der Waals surface area contributed by atoms with Gasteiger partial charge in [-0.05, 0) is 37.6 Å². The molecule has 0 saturated heterocycles. The van der Waals surface area contributed by atoms with Crippen LogP contribution >= 0.6 is 0 Å². The number of carbonyl (C=O) groups is 3. The Hall–Kier alpha value is -3.15. The number of hydrogen-bond acceptors (Lipinski definition) is 3. The molecule has 0 fully saturated rings. The monoisotopic (exact) mass is 353 g/mol. The van der Waals surface area contributed by atoms with Crippen molar-refractivity contribution in [3.8, 4) is 0 Å². The van der Waals surface area contributed by atoms with Gasteiger partial charge in [0.1, 0.15) is 0 Å². The summed E-state index contributed by atoms with van der Waals surface area (Å²) in [4.78, 5) is 36.5. The first-order chi connectivity index (χ1) is 12.4. The zero-order valence-corrected chi connectivity index (χ0v) is 15.1. The molecule has 0 radical (unpaired) electrons. The van der Waals surface area contributed by atoms with E-state index in [4.69, 9.17) is 0 Å². The summed E-state index contributed by atoms with van der Waals surface area (Å²) in [5.41, 5.74) is 2.20. The van der Waals surface area contributed by atoms with E-state index in [0.717, 1.165) is 5.56 Å². The molecule has 0 saturated carbocycles. The van der Waals surface area contributed by atoms with Crippen molar-refractivity contribution in [1.29, 1.82) is 0 Å². The summed E-state index contributed by atoms with van der Waals surface area (Å²) in [5, 5.41) is 8.13. The van der Waals surface area contributed by atoms with Crippen LogP contribution in [0, 0.1) is 6.92 Å². The molecule has 26 heavy (non-hydrogen) atoms. The Bertz CT molecular complexity index is 803. The van der Waals surface area contributed by atoms with Crippen LogP contribution in [0.1, 0.15) is 39.6 Å². The highest BCUT2D eigenvalue weighted by molar-refractivity contribution is 6.05. The van der Waals surface area contributed by atoms with Crippen molar-refractivity contribution in [2.75, 3.05) is 12.4 Å². The first-order valence-corrected chi connectivity index (χ1v) is 8.39. The highest BCUT2D eigenvalue weighted by atomic mass is 16.2. The van der Waals surface area contributed by atoms with Gasteiger partial charge in [0.05, 0.1) is 11.3 Å². The van der Waals surface area contributed by atoms with E-state index in [1.54, 1.807) is 50.4 Å². The molecule has 0 heterocycles. The van der Waals surface area contributed by atoms with Gasteiger partial charge in [-0.2, -0.15) is 0 Å². The Kier molecular flexibility index (Phi) is 6.49. The summed E-state index contributed by atoms with van der Waals surface area (Å²) in [6.45, 7) is 3.57. The lowest BCUT2D eigenvalue weighted by Crippen LogP contribution is -2.35. The Labute approximate surface area is 153 Å². The van der Waals surface area contributed by atoms with Gasteiger partial charge in [0.25, 0.3) is 11.8 Å². The van der Waals surface area contributed by atoms with Gasteiger partial charge in [0.2, 0.25) is 5.91 Å². The van der Waals surface area contributed by atoms with Crippen LogP contribution in [0.15, 0.2) is 48.5 Å². The Balaban J connectivity index is 2.00. The molecule has 2 aromatic carbocycles. The molecule has 0 aliphatic heterocycles. The third-order valence-corrected chi connectivity index (χ3v) is 3.91. The molecule has 1 unspecified atom stereocenters. The summed E-state index contributed by atoms with van der Waals surface area (Å²) in [6.07, 6.45) is 0.0969. The molecule has 3 amide bonds. The molecule has 3 N–H and O–H groups in total. The second kappa shape index (κ2) is 8.80. The van der Waals surface area contributed by atoms with Crippen molar-refractivity contribution < 1.29 is 14.4 Å². The molecule has 0 aliphatic rings. The maximum atomic E-state index is 12.3. The standard InChI is InChI=1S/C20H23N3O3/c1-13-8-7-11-16(18(13)20(26)21-3)23-17(24)12-14(2)22-19(25)15-9-5-4-6-10-15/h4-11,14H,12H2,1-3H3,(H,21,26)(H,22,25)(H,23,24). The van der Waals surface area contributed by atoms with E-state index >= 15 is 0 Å². The molecule has 0 bridgehead atoms. The number of anilines is 1. The van der Waals surface area contributed by atoms with E-state index in [0.29, 0.717) is 16.8 Å². The normalized spacial score (nSPS) is 11.3. The molecule has 2 rings (SSSR count). The quantitative estimate of drug-likeness (QED) is 0.746. The fraction of sp³-hybridized carbons (Fsp3) is 0.250. The second-order valence-electron chi connectivity index (χ2n) is 6.07. The predicted molar refractivity (Wildman–Crippen MR) is 101 cm³/mol. The van der Waals surface area contributed by atoms with Crippen LogP contribution in [0.3, 0.4) is 0 Å². The highest BCUT2D eigenvalue weighted by Gasteiger charge is 2.17.